The molecular weight excluding hydrogens is 398 g/mol. The van der Waals surface area contributed by atoms with E-state index in [0.717, 1.165) is 37.4 Å². The van der Waals surface area contributed by atoms with Crippen molar-refractivity contribution in [3.05, 3.63) is 59.1 Å². The Morgan fingerprint density at radius 2 is 1.68 bits per heavy atom. The van der Waals surface area contributed by atoms with Gasteiger partial charge in [0, 0.05) is 43.4 Å². The molecule has 0 bridgehead atoms. The number of hydrogen-bond acceptors (Lipinski definition) is 5. The molecule has 1 amide bonds. The topological polar surface area (TPSA) is 69.7 Å². The number of hydrogen-bond donors (Lipinski definition) is 1. The van der Waals surface area contributed by atoms with Crippen LogP contribution in [-0.2, 0) is 21.2 Å². The highest BCUT2D eigenvalue weighted by Crippen LogP contribution is 2.22. The zero-order valence-corrected chi connectivity index (χ0v) is 17.3. The first-order chi connectivity index (χ1) is 13.3. The molecule has 1 heterocycles. The zero-order valence-electron chi connectivity index (χ0n) is 15.8. The number of nitrogens with zero attached hydrogens (tertiary/aromatic N) is 2. The molecule has 2 aromatic carbocycles. The number of carbonyl (C=O) groups is 1. The van der Waals surface area contributed by atoms with Crippen molar-refractivity contribution in [2.24, 2.45) is 0 Å². The highest BCUT2D eigenvalue weighted by molar-refractivity contribution is 7.92. The van der Waals surface area contributed by atoms with Gasteiger partial charge in [0.2, 0.25) is 5.91 Å². The van der Waals surface area contributed by atoms with Crippen LogP contribution in [0.4, 0.5) is 5.69 Å². The minimum Gasteiger partial charge on any atom is -0.369 e. The maximum absolute atomic E-state index is 12.4. The number of carbonyl (C=O) groups excluding carboxylic acids is 1. The van der Waals surface area contributed by atoms with Crippen LogP contribution < -0.4 is 10.2 Å². The number of amides is 1. The molecule has 0 atom stereocenters. The second-order valence-corrected chi connectivity index (χ2v) is 9.33. The van der Waals surface area contributed by atoms with Gasteiger partial charge in [-0.05, 0) is 42.9 Å². The molecule has 1 aliphatic rings. The fourth-order valence-electron chi connectivity index (χ4n) is 3.16. The summed E-state index contributed by atoms with van der Waals surface area (Å²) in [6.07, 6.45) is 0. The Morgan fingerprint density at radius 1 is 1.04 bits per heavy atom. The Balaban J connectivity index is 1.63. The quantitative estimate of drug-likeness (QED) is 0.774. The van der Waals surface area contributed by atoms with Crippen molar-refractivity contribution in [3.63, 3.8) is 0 Å². The normalized spacial score (nSPS) is 15.4. The zero-order chi connectivity index (χ0) is 20.1. The van der Waals surface area contributed by atoms with E-state index in [4.69, 9.17) is 11.6 Å². The first kappa shape index (κ1) is 20.6. The van der Waals surface area contributed by atoms with E-state index in [2.05, 4.69) is 22.2 Å². The van der Waals surface area contributed by atoms with Gasteiger partial charge in [0.1, 0.15) is 5.75 Å². The van der Waals surface area contributed by atoms with Gasteiger partial charge in [0.25, 0.3) is 0 Å². The number of piperazine rings is 1. The van der Waals surface area contributed by atoms with Gasteiger partial charge < -0.3 is 15.1 Å². The molecule has 3 rings (SSSR count). The number of likely N-dealkylation sites (N-methyl/N-ethyl adjacent to an activating group) is 1. The molecule has 0 unspecified atom stereocenters. The molecule has 0 saturated carbocycles. The van der Waals surface area contributed by atoms with Gasteiger partial charge in [-0.25, -0.2) is 8.42 Å². The van der Waals surface area contributed by atoms with Crippen LogP contribution in [0.15, 0.2) is 53.4 Å². The Bertz CT molecular complexity index is 924. The summed E-state index contributed by atoms with van der Waals surface area (Å²) >= 11 is 5.79. The molecule has 0 spiro atoms. The van der Waals surface area contributed by atoms with E-state index < -0.39 is 21.5 Å². The summed E-state index contributed by atoms with van der Waals surface area (Å²) in [4.78, 5) is 16.9. The predicted molar refractivity (Wildman–Crippen MR) is 112 cm³/mol. The second kappa shape index (κ2) is 8.94. The van der Waals surface area contributed by atoms with Crippen LogP contribution in [0.2, 0.25) is 5.02 Å². The molecule has 2 aromatic rings. The number of para-hydroxylation sites is 1. The van der Waals surface area contributed by atoms with Gasteiger partial charge >= 0.3 is 0 Å². The third kappa shape index (κ3) is 5.25. The largest absolute Gasteiger partial charge is 0.369 e. The first-order valence-electron chi connectivity index (χ1n) is 9.11. The third-order valence-electron chi connectivity index (χ3n) is 4.81. The molecule has 6 nitrogen and oxygen atoms in total. The van der Waals surface area contributed by atoms with Crippen molar-refractivity contribution in [2.75, 3.05) is 43.9 Å². The summed E-state index contributed by atoms with van der Waals surface area (Å²) in [5, 5.41) is 3.19. The number of rotatable bonds is 6. The Labute approximate surface area is 171 Å². The molecule has 1 N–H and O–H groups in total. The molecule has 1 saturated heterocycles. The number of anilines is 1. The summed E-state index contributed by atoms with van der Waals surface area (Å²) < 4.78 is 24.8. The molecule has 150 valence electrons. The van der Waals surface area contributed by atoms with Gasteiger partial charge in [-0.15, -0.1) is 0 Å². The van der Waals surface area contributed by atoms with Crippen molar-refractivity contribution in [3.8, 4) is 0 Å². The maximum Gasteiger partial charge on any atom is 0.235 e. The van der Waals surface area contributed by atoms with Crippen LogP contribution in [0.3, 0.4) is 0 Å². The highest BCUT2D eigenvalue weighted by Gasteiger charge is 2.20. The smallest absolute Gasteiger partial charge is 0.235 e. The molecule has 0 radical (unpaired) electrons. The van der Waals surface area contributed by atoms with Crippen molar-refractivity contribution in [1.29, 1.82) is 0 Å². The standard InChI is InChI=1S/C20H24ClN3O3S/c1-23-10-12-24(13-11-23)19-5-3-2-4-16(19)14-22-20(25)15-28(26,27)18-8-6-17(21)7-9-18/h2-9H,10-15H2,1H3,(H,22,25). The average molecular weight is 422 g/mol. The Hall–Kier alpha value is -2.09. The van der Waals surface area contributed by atoms with Crippen LogP contribution in [0, 0.1) is 0 Å². The number of sulfone groups is 1. The Morgan fingerprint density at radius 3 is 2.36 bits per heavy atom. The Kier molecular flexibility index (Phi) is 6.59. The third-order valence-corrected chi connectivity index (χ3v) is 6.69. The lowest BCUT2D eigenvalue weighted by molar-refractivity contribution is -0.118. The summed E-state index contributed by atoms with van der Waals surface area (Å²) in [5.74, 6) is -1.12. The van der Waals surface area contributed by atoms with E-state index in [1.54, 1.807) is 0 Å². The first-order valence-corrected chi connectivity index (χ1v) is 11.1. The van der Waals surface area contributed by atoms with Crippen LogP contribution >= 0.6 is 11.6 Å². The van der Waals surface area contributed by atoms with E-state index in [9.17, 15) is 13.2 Å². The monoisotopic (exact) mass is 421 g/mol. The number of benzene rings is 2. The van der Waals surface area contributed by atoms with E-state index in [1.165, 1.54) is 24.3 Å². The average Bonchev–Trinajstić information content (AvgIpc) is 2.67. The van der Waals surface area contributed by atoms with Gasteiger partial charge in [0.15, 0.2) is 9.84 Å². The van der Waals surface area contributed by atoms with Crippen molar-refractivity contribution in [2.45, 2.75) is 11.4 Å². The van der Waals surface area contributed by atoms with Crippen LogP contribution in [0.5, 0.6) is 0 Å². The lowest BCUT2D eigenvalue weighted by Gasteiger charge is -2.35. The molecule has 1 aliphatic heterocycles. The van der Waals surface area contributed by atoms with Crippen LogP contribution in [-0.4, -0.2) is 58.2 Å². The minimum absolute atomic E-state index is 0.0879. The molecule has 28 heavy (non-hydrogen) atoms. The van der Waals surface area contributed by atoms with Crippen molar-refractivity contribution < 1.29 is 13.2 Å². The van der Waals surface area contributed by atoms with Gasteiger partial charge in [-0.1, -0.05) is 29.8 Å². The van der Waals surface area contributed by atoms with Crippen LogP contribution in [0.25, 0.3) is 0 Å². The minimum atomic E-state index is -3.70. The maximum atomic E-state index is 12.4. The fraction of sp³-hybridized carbons (Fsp3) is 0.350. The van der Waals surface area contributed by atoms with Crippen molar-refractivity contribution in [1.82, 2.24) is 10.2 Å². The SMILES string of the molecule is CN1CCN(c2ccccc2CNC(=O)CS(=O)(=O)c2ccc(Cl)cc2)CC1. The summed E-state index contributed by atoms with van der Waals surface area (Å²) in [6, 6.07) is 13.7. The molecule has 0 aromatic heterocycles. The van der Waals surface area contributed by atoms with E-state index in [1.807, 2.05) is 24.3 Å². The lowest BCUT2D eigenvalue weighted by Crippen LogP contribution is -2.45. The van der Waals surface area contributed by atoms with E-state index in [-0.39, 0.29) is 11.4 Å². The van der Waals surface area contributed by atoms with E-state index in [0.29, 0.717) is 5.02 Å². The van der Waals surface area contributed by atoms with Crippen molar-refractivity contribution >= 4 is 33.0 Å². The second-order valence-electron chi connectivity index (χ2n) is 6.91. The highest BCUT2D eigenvalue weighted by atomic mass is 35.5. The summed E-state index contributed by atoms with van der Waals surface area (Å²) in [5.41, 5.74) is 2.06. The van der Waals surface area contributed by atoms with Gasteiger partial charge in [0.05, 0.1) is 4.90 Å². The summed E-state index contributed by atoms with van der Waals surface area (Å²) in [7, 11) is -1.60. The predicted octanol–water partition coefficient (Wildman–Crippen LogP) is 2.18. The molecular formula is C20H24ClN3O3S. The van der Waals surface area contributed by atoms with E-state index >= 15 is 0 Å². The molecule has 0 aliphatic carbocycles. The number of halogens is 1. The summed E-state index contributed by atoms with van der Waals surface area (Å²) in [6.45, 7) is 4.11. The fourth-order valence-corrected chi connectivity index (χ4v) is 4.45. The molecule has 8 heteroatoms. The van der Waals surface area contributed by atoms with Gasteiger partial charge in [-0.3, -0.25) is 4.79 Å². The van der Waals surface area contributed by atoms with Crippen LogP contribution in [0.1, 0.15) is 5.56 Å². The number of nitrogens with one attached hydrogen (secondary N) is 1. The lowest BCUT2D eigenvalue weighted by atomic mass is 10.1. The van der Waals surface area contributed by atoms with Gasteiger partial charge in [-0.2, -0.15) is 0 Å². The molecule has 1 fully saturated rings.